The summed E-state index contributed by atoms with van der Waals surface area (Å²) in [4.78, 5) is 22.8. The SMILES string of the molecule is CCOc1ccc2nc(/[NH+]=C(\N)NC(=O)CC)nc(C)c2c1. The van der Waals surface area contributed by atoms with E-state index in [0.717, 1.165) is 22.3 Å². The minimum absolute atomic E-state index is 0.108. The molecule has 0 radical (unpaired) electrons. The number of fused-ring (bicyclic) bond motifs is 1. The number of carbonyl (C=O) groups excluding carboxylic acids is 1. The predicted molar refractivity (Wildman–Crippen MR) is 83.7 cm³/mol. The molecule has 1 amide bonds. The molecule has 0 saturated heterocycles. The van der Waals surface area contributed by atoms with E-state index in [1.54, 1.807) is 6.92 Å². The van der Waals surface area contributed by atoms with Crippen LogP contribution in [0, 0.1) is 6.92 Å². The van der Waals surface area contributed by atoms with Crippen LogP contribution in [0.25, 0.3) is 10.9 Å². The van der Waals surface area contributed by atoms with Crippen LogP contribution in [0.2, 0.25) is 0 Å². The quantitative estimate of drug-likeness (QED) is 0.540. The van der Waals surface area contributed by atoms with Crippen LogP contribution in [-0.2, 0) is 4.79 Å². The summed E-state index contributed by atoms with van der Waals surface area (Å²) in [6, 6.07) is 5.62. The van der Waals surface area contributed by atoms with Crippen molar-refractivity contribution in [3.63, 3.8) is 0 Å². The van der Waals surface area contributed by atoms with Crippen LogP contribution in [0.4, 0.5) is 5.95 Å². The number of nitrogens with one attached hydrogen (secondary N) is 2. The van der Waals surface area contributed by atoms with E-state index < -0.39 is 0 Å². The third-order valence-corrected chi connectivity index (χ3v) is 3.01. The summed E-state index contributed by atoms with van der Waals surface area (Å²) in [6.45, 7) is 6.17. The average molecular weight is 302 g/mol. The third kappa shape index (κ3) is 3.69. The first-order valence-electron chi connectivity index (χ1n) is 7.14. The monoisotopic (exact) mass is 302 g/mol. The average Bonchev–Trinajstić information content (AvgIpc) is 2.48. The topological polar surface area (TPSA) is 104 Å². The van der Waals surface area contributed by atoms with E-state index >= 15 is 0 Å². The highest BCUT2D eigenvalue weighted by Crippen LogP contribution is 2.21. The van der Waals surface area contributed by atoms with Crippen molar-refractivity contribution in [2.45, 2.75) is 27.2 Å². The van der Waals surface area contributed by atoms with Gasteiger partial charge in [-0.05, 0) is 32.0 Å². The number of hydrogen-bond acceptors (Lipinski definition) is 4. The number of rotatable bonds is 4. The van der Waals surface area contributed by atoms with Crippen molar-refractivity contribution in [1.29, 1.82) is 0 Å². The highest BCUT2D eigenvalue weighted by Gasteiger charge is 2.11. The summed E-state index contributed by atoms with van der Waals surface area (Å²) in [5.74, 6) is 1.05. The highest BCUT2D eigenvalue weighted by atomic mass is 16.5. The lowest BCUT2D eigenvalue weighted by atomic mass is 10.2. The van der Waals surface area contributed by atoms with E-state index in [1.165, 1.54) is 0 Å². The van der Waals surface area contributed by atoms with Crippen molar-refractivity contribution in [1.82, 2.24) is 15.3 Å². The Kier molecular flexibility index (Phi) is 4.88. The van der Waals surface area contributed by atoms with Gasteiger partial charge in [-0.15, -0.1) is 9.97 Å². The molecule has 2 aromatic rings. The van der Waals surface area contributed by atoms with Gasteiger partial charge < -0.3 is 10.5 Å². The number of ether oxygens (including phenoxy) is 1. The van der Waals surface area contributed by atoms with Crippen LogP contribution in [0.5, 0.6) is 5.75 Å². The molecule has 1 aromatic heterocycles. The molecule has 0 saturated carbocycles. The molecule has 7 nitrogen and oxygen atoms in total. The molecule has 0 aliphatic rings. The maximum Gasteiger partial charge on any atom is 0.354 e. The molecule has 0 atom stereocenters. The van der Waals surface area contributed by atoms with Gasteiger partial charge in [-0.3, -0.25) is 4.79 Å². The first-order chi connectivity index (χ1) is 10.5. The normalized spacial score (nSPS) is 11.5. The first-order valence-corrected chi connectivity index (χ1v) is 7.14. The molecule has 1 aromatic carbocycles. The molecule has 0 spiro atoms. The Labute approximate surface area is 128 Å². The number of carbonyl (C=O) groups is 1. The van der Waals surface area contributed by atoms with E-state index in [4.69, 9.17) is 10.5 Å². The predicted octanol–water partition coefficient (Wildman–Crippen LogP) is -0.110. The maximum atomic E-state index is 11.3. The van der Waals surface area contributed by atoms with Crippen LogP contribution in [-0.4, -0.2) is 28.4 Å². The fraction of sp³-hybridized carbons (Fsp3) is 0.333. The minimum Gasteiger partial charge on any atom is -0.494 e. The van der Waals surface area contributed by atoms with Crippen LogP contribution in [0.15, 0.2) is 18.2 Å². The van der Waals surface area contributed by atoms with Crippen molar-refractivity contribution < 1.29 is 14.5 Å². The van der Waals surface area contributed by atoms with Gasteiger partial charge in [-0.25, -0.2) is 10.3 Å². The lowest BCUT2D eigenvalue weighted by molar-refractivity contribution is -0.367. The maximum absolute atomic E-state index is 11.3. The molecular weight excluding hydrogens is 282 g/mol. The van der Waals surface area contributed by atoms with Gasteiger partial charge in [0.2, 0.25) is 0 Å². The van der Waals surface area contributed by atoms with Gasteiger partial charge in [0, 0.05) is 11.8 Å². The number of aryl methyl sites for hydroxylation is 1. The molecule has 0 bridgehead atoms. The fourth-order valence-electron chi connectivity index (χ4n) is 1.96. The molecule has 22 heavy (non-hydrogen) atoms. The lowest BCUT2D eigenvalue weighted by Gasteiger charge is -2.04. The Balaban J connectivity index is 2.35. The van der Waals surface area contributed by atoms with Gasteiger partial charge in [0.05, 0.1) is 12.3 Å². The Morgan fingerprint density at radius 1 is 1.36 bits per heavy atom. The minimum atomic E-state index is -0.177. The summed E-state index contributed by atoms with van der Waals surface area (Å²) in [6.07, 6.45) is 0.347. The van der Waals surface area contributed by atoms with Crippen LogP contribution < -0.4 is 20.8 Å². The Morgan fingerprint density at radius 3 is 2.82 bits per heavy atom. The van der Waals surface area contributed by atoms with Crippen molar-refractivity contribution in [3.8, 4) is 5.75 Å². The number of aromatic nitrogens is 2. The van der Waals surface area contributed by atoms with Crippen molar-refractivity contribution in [2.24, 2.45) is 5.73 Å². The summed E-state index contributed by atoms with van der Waals surface area (Å²) in [5, 5.41) is 3.43. The molecule has 7 heteroatoms. The number of nitrogens with two attached hydrogens (primary N) is 1. The zero-order valence-corrected chi connectivity index (χ0v) is 12.9. The molecule has 2 rings (SSSR count). The number of hydrogen-bond donors (Lipinski definition) is 3. The largest absolute Gasteiger partial charge is 0.494 e. The second-order valence-corrected chi connectivity index (χ2v) is 4.68. The second kappa shape index (κ2) is 6.84. The van der Waals surface area contributed by atoms with E-state index in [9.17, 15) is 4.79 Å². The lowest BCUT2D eigenvalue weighted by Crippen LogP contribution is -2.75. The van der Waals surface area contributed by atoms with Crippen molar-refractivity contribution in [3.05, 3.63) is 23.9 Å². The molecular formula is C15H20N5O2+. The Morgan fingerprint density at radius 2 is 2.14 bits per heavy atom. The Bertz CT molecular complexity index is 727. The van der Waals surface area contributed by atoms with Gasteiger partial charge in [0.1, 0.15) is 11.3 Å². The standard InChI is InChI=1S/C15H19N5O2/c1-4-13(21)19-14(16)20-15-17-9(3)11-8-10(22-5-2)6-7-12(11)18-15/h6-8H,4-5H2,1-3H3,(H3,16,17,18,19,20,21)/p+1. The summed E-state index contributed by atoms with van der Waals surface area (Å²) in [5.41, 5.74) is 7.28. The van der Waals surface area contributed by atoms with Gasteiger partial charge in [-0.2, -0.15) is 0 Å². The number of amides is 1. The second-order valence-electron chi connectivity index (χ2n) is 4.68. The number of nitrogens with zero attached hydrogens (tertiary/aromatic N) is 2. The molecule has 1 heterocycles. The number of guanidine groups is 1. The van der Waals surface area contributed by atoms with Crippen LogP contribution >= 0.6 is 0 Å². The van der Waals surface area contributed by atoms with E-state index in [0.29, 0.717) is 19.0 Å². The van der Waals surface area contributed by atoms with Crippen LogP contribution in [0.1, 0.15) is 26.0 Å². The molecule has 4 N–H and O–H groups in total. The smallest absolute Gasteiger partial charge is 0.354 e. The summed E-state index contributed by atoms with van der Waals surface area (Å²) >= 11 is 0. The van der Waals surface area contributed by atoms with Crippen molar-refractivity contribution in [2.75, 3.05) is 6.61 Å². The Hall–Kier alpha value is -2.70. The molecule has 116 valence electrons. The van der Waals surface area contributed by atoms with Crippen molar-refractivity contribution >= 4 is 28.7 Å². The zero-order valence-electron chi connectivity index (χ0n) is 12.9. The molecule has 0 fully saturated rings. The highest BCUT2D eigenvalue weighted by molar-refractivity contribution is 5.93. The summed E-state index contributed by atoms with van der Waals surface area (Å²) < 4.78 is 5.48. The van der Waals surface area contributed by atoms with Crippen LogP contribution in [0.3, 0.4) is 0 Å². The fourth-order valence-corrected chi connectivity index (χ4v) is 1.96. The van der Waals surface area contributed by atoms with Gasteiger partial charge >= 0.3 is 5.95 Å². The number of benzene rings is 1. The first kappa shape index (κ1) is 15.7. The third-order valence-electron chi connectivity index (χ3n) is 3.01. The van der Waals surface area contributed by atoms with Gasteiger partial charge in [0.15, 0.2) is 0 Å². The zero-order chi connectivity index (χ0) is 16.1. The van der Waals surface area contributed by atoms with E-state index in [-0.39, 0.29) is 11.9 Å². The molecule has 0 aliphatic carbocycles. The summed E-state index contributed by atoms with van der Waals surface area (Å²) in [7, 11) is 0. The van der Waals surface area contributed by atoms with Gasteiger partial charge in [0.25, 0.3) is 11.9 Å². The molecule has 0 aliphatic heterocycles. The van der Waals surface area contributed by atoms with E-state index in [1.807, 2.05) is 32.0 Å². The molecule has 0 unspecified atom stereocenters. The van der Waals surface area contributed by atoms with E-state index in [2.05, 4.69) is 20.3 Å². The van der Waals surface area contributed by atoms with Gasteiger partial charge in [-0.1, -0.05) is 6.92 Å².